The third-order valence-corrected chi connectivity index (χ3v) is 3.70. The lowest BCUT2D eigenvalue weighted by molar-refractivity contribution is 0.627. The van der Waals surface area contributed by atoms with E-state index in [-0.39, 0.29) is 5.82 Å². The molecule has 0 spiro atoms. The summed E-state index contributed by atoms with van der Waals surface area (Å²) >= 11 is 6.70. The molecule has 0 saturated heterocycles. The van der Waals surface area contributed by atoms with Gasteiger partial charge in [-0.1, -0.05) is 6.92 Å². The Kier molecular flexibility index (Phi) is 5.31. The third-order valence-electron chi connectivity index (χ3n) is 2.46. The molecule has 0 atom stereocenters. The van der Waals surface area contributed by atoms with Gasteiger partial charge in [-0.3, -0.25) is 0 Å². The fourth-order valence-electron chi connectivity index (χ4n) is 1.50. The predicted octanol–water partition coefficient (Wildman–Crippen LogP) is 4.71. The molecule has 4 nitrogen and oxygen atoms in total. The lowest BCUT2D eigenvalue weighted by atomic mass is 10.3. The first-order valence-corrected chi connectivity index (χ1v) is 7.67. The molecule has 2 rings (SSSR count). The number of benzene rings is 1. The highest BCUT2D eigenvalue weighted by molar-refractivity contribution is 9.11. The average molecular weight is 404 g/mol. The molecule has 0 aliphatic rings. The van der Waals surface area contributed by atoms with Crippen molar-refractivity contribution in [2.45, 2.75) is 13.3 Å². The summed E-state index contributed by atoms with van der Waals surface area (Å²) in [7, 11) is 0. The molecule has 1 aromatic heterocycles. The predicted molar refractivity (Wildman–Crippen MR) is 85.9 cm³/mol. The minimum atomic E-state index is -0.297. The van der Waals surface area contributed by atoms with Crippen LogP contribution >= 0.6 is 31.9 Å². The number of hydrogen-bond donors (Lipinski definition) is 2. The van der Waals surface area contributed by atoms with Crippen LogP contribution in [0, 0.1) is 5.82 Å². The topological polar surface area (TPSA) is 49.8 Å². The van der Waals surface area contributed by atoms with E-state index in [1.807, 2.05) is 0 Å². The van der Waals surface area contributed by atoms with E-state index in [2.05, 4.69) is 59.4 Å². The Morgan fingerprint density at radius 3 is 2.75 bits per heavy atom. The van der Waals surface area contributed by atoms with E-state index >= 15 is 0 Å². The summed E-state index contributed by atoms with van der Waals surface area (Å²) in [5, 5.41) is 6.25. The summed E-state index contributed by atoms with van der Waals surface area (Å²) in [4.78, 5) is 8.55. The molecule has 0 unspecified atom stereocenters. The maximum atomic E-state index is 13.1. The zero-order valence-electron chi connectivity index (χ0n) is 10.8. The Morgan fingerprint density at radius 1 is 1.25 bits per heavy atom. The average Bonchev–Trinajstić information content (AvgIpc) is 2.42. The Bertz CT molecular complexity index is 607. The summed E-state index contributed by atoms with van der Waals surface area (Å²) in [6.07, 6.45) is 2.66. The molecule has 1 aromatic carbocycles. The van der Waals surface area contributed by atoms with Crippen LogP contribution in [0.3, 0.4) is 0 Å². The van der Waals surface area contributed by atoms with Gasteiger partial charge < -0.3 is 10.6 Å². The number of hydrogen-bond acceptors (Lipinski definition) is 4. The summed E-state index contributed by atoms with van der Waals surface area (Å²) in [6, 6.07) is 4.43. The minimum absolute atomic E-state index is 0.297. The number of anilines is 3. The Morgan fingerprint density at radius 2 is 2.05 bits per heavy atom. The Balaban J connectivity index is 2.23. The molecule has 0 bridgehead atoms. The van der Waals surface area contributed by atoms with E-state index in [4.69, 9.17) is 0 Å². The second-order valence-electron chi connectivity index (χ2n) is 4.07. The highest BCUT2D eigenvalue weighted by atomic mass is 79.9. The molecule has 0 radical (unpaired) electrons. The van der Waals surface area contributed by atoms with Crippen molar-refractivity contribution in [3.8, 4) is 0 Å². The molecule has 0 saturated carbocycles. The lowest BCUT2D eigenvalue weighted by Gasteiger charge is -2.11. The second kappa shape index (κ2) is 6.99. The Hall–Kier alpha value is -1.21. The number of aromatic nitrogens is 2. The molecule has 0 aliphatic carbocycles. The highest BCUT2D eigenvalue weighted by Crippen LogP contribution is 2.29. The third kappa shape index (κ3) is 3.89. The standard InChI is InChI=1S/C13H13Br2FN4/c1-2-5-17-13-18-7-10(15)12(20-13)19-11-4-3-8(16)6-9(11)14/h3-4,6-7H,2,5H2,1H3,(H2,17,18,19,20). The van der Waals surface area contributed by atoms with Gasteiger partial charge in [0.2, 0.25) is 5.95 Å². The van der Waals surface area contributed by atoms with Crippen molar-refractivity contribution in [1.82, 2.24) is 9.97 Å². The van der Waals surface area contributed by atoms with E-state index in [1.54, 1.807) is 12.3 Å². The van der Waals surface area contributed by atoms with Gasteiger partial charge in [0.05, 0.1) is 10.2 Å². The Labute approximate surface area is 133 Å². The fraction of sp³-hybridized carbons (Fsp3) is 0.231. The SMILES string of the molecule is CCCNc1ncc(Br)c(Nc2ccc(F)cc2Br)n1. The van der Waals surface area contributed by atoms with Crippen LogP contribution in [0.1, 0.15) is 13.3 Å². The molecule has 0 aliphatic heterocycles. The van der Waals surface area contributed by atoms with Crippen molar-refractivity contribution >= 4 is 49.3 Å². The monoisotopic (exact) mass is 402 g/mol. The normalized spacial score (nSPS) is 10.4. The van der Waals surface area contributed by atoms with Gasteiger partial charge in [-0.2, -0.15) is 4.98 Å². The second-order valence-corrected chi connectivity index (χ2v) is 5.77. The van der Waals surface area contributed by atoms with Gasteiger partial charge in [-0.05, 0) is 56.5 Å². The first-order chi connectivity index (χ1) is 9.60. The van der Waals surface area contributed by atoms with Crippen LogP contribution in [0.2, 0.25) is 0 Å². The summed E-state index contributed by atoms with van der Waals surface area (Å²) in [5.41, 5.74) is 0.729. The minimum Gasteiger partial charge on any atom is -0.354 e. The van der Waals surface area contributed by atoms with Crippen LogP contribution in [0.15, 0.2) is 33.3 Å². The molecule has 0 amide bonds. The van der Waals surface area contributed by atoms with Crippen molar-refractivity contribution in [1.29, 1.82) is 0 Å². The fourth-order valence-corrected chi connectivity index (χ4v) is 2.24. The van der Waals surface area contributed by atoms with Gasteiger partial charge in [0.15, 0.2) is 0 Å². The van der Waals surface area contributed by atoms with Crippen LogP contribution in [0.5, 0.6) is 0 Å². The molecule has 106 valence electrons. The molecular formula is C13H13Br2FN4. The quantitative estimate of drug-likeness (QED) is 0.759. The molecule has 2 aromatic rings. The van der Waals surface area contributed by atoms with Crippen molar-refractivity contribution in [3.05, 3.63) is 39.2 Å². The van der Waals surface area contributed by atoms with Gasteiger partial charge in [0.25, 0.3) is 0 Å². The van der Waals surface area contributed by atoms with E-state index in [0.29, 0.717) is 16.2 Å². The smallest absolute Gasteiger partial charge is 0.224 e. The first kappa shape index (κ1) is 15.2. The van der Waals surface area contributed by atoms with Gasteiger partial charge in [-0.25, -0.2) is 9.37 Å². The van der Waals surface area contributed by atoms with Crippen molar-refractivity contribution < 1.29 is 4.39 Å². The van der Waals surface area contributed by atoms with E-state index in [0.717, 1.165) is 23.1 Å². The van der Waals surface area contributed by atoms with Crippen LogP contribution < -0.4 is 10.6 Å². The van der Waals surface area contributed by atoms with E-state index < -0.39 is 0 Å². The first-order valence-electron chi connectivity index (χ1n) is 6.08. The van der Waals surface area contributed by atoms with Crippen molar-refractivity contribution in [2.24, 2.45) is 0 Å². The van der Waals surface area contributed by atoms with Gasteiger partial charge >= 0.3 is 0 Å². The zero-order valence-corrected chi connectivity index (χ0v) is 13.9. The molecule has 0 fully saturated rings. The largest absolute Gasteiger partial charge is 0.354 e. The van der Waals surface area contributed by atoms with Crippen molar-refractivity contribution in [2.75, 3.05) is 17.2 Å². The molecule has 2 N–H and O–H groups in total. The summed E-state index contributed by atoms with van der Waals surface area (Å²) < 4.78 is 14.4. The van der Waals surface area contributed by atoms with Crippen LogP contribution in [0.25, 0.3) is 0 Å². The van der Waals surface area contributed by atoms with Crippen LogP contribution in [0.4, 0.5) is 21.8 Å². The zero-order chi connectivity index (χ0) is 14.5. The van der Waals surface area contributed by atoms with E-state index in [9.17, 15) is 4.39 Å². The maximum Gasteiger partial charge on any atom is 0.224 e. The summed E-state index contributed by atoms with van der Waals surface area (Å²) in [6.45, 7) is 2.88. The van der Waals surface area contributed by atoms with Crippen LogP contribution in [-0.4, -0.2) is 16.5 Å². The van der Waals surface area contributed by atoms with Crippen molar-refractivity contribution in [3.63, 3.8) is 0 Å². The highest BCUT2D eigenvalue weighted by Gasteiger charge is 2.08. The molecular weight excluding hydrogens is 391 g/mol. The van der Waals surface area contributed by atoms with Crippen LogP contribution in [-0.2, 0) is 0 Å². The van der Waals surface area contributed by atoms with Gasteiger partial charge in [0, 0.05) is 17.2 Å². The number of rotatable bonds is 5. The van der Waals surface area contributed by atoms with E-state index in [1.165, 1.54) is 12.1 Å². The van der Waals surface area contributed by atoms with Gasteiger partial charge in [-0.15, -0.1) is 0 Å². The lowest BCUT2D eigenvalue weighted by Crippen LogP contribution is -2.06. The maximum absolute atomic E-state index is 13.1. The van der Waals surface area contributed by atoms with Gasteiger partial charge in [0.1, 0.15) is 11.6 Å². The summed E-state index contributed by atoms with van der Waals surface area (Å²) in [5.74, 6) is 0.871. The number of nitrogens with one attached hydrogen (secondary N) is 2. The molecule has 20 heavy (non-hydrogen) atoms. The molecule has 7 heteroatoms. The number of halogens is 3. The molecule has 1 heterocycles. The number of nitrogens with zero attached hydrogens (tertiary/aromatic N) is 2.